The minimum atomic E-state index is -0.514. The highest BCUT2D eigenvalue weighted by Gasteiger charge is 2.52. The van der Waals surface area contributed by atoms with Crippen LogP contribution in [-0.4, -0.2) is 32.1 Å². The Bertz CT molecular complexity index is 546. The lowest BCUT2D eigenvalue weighted by Gasteiger charge is -2.16. The molecule has 0 atom stereocenters. The number of ketones is 1. The zero-order valence-corrected chi connectivity index (χ0v) is 12.6. The lowest BCUT2D eigenvalue weighted by molar-refractivity contribution is -0.150. The topological polar surface area (TPSA) is 61.8 Å². The molecule has 114 valence electrons. The number of hydrogen-bond donors (Lipinski definition) is 0. The average Bonchev–Trinajstić information content (AvgIpc) is 3.26. The molecule has 0 heterocycles. The van der Waals surface area contributed by atoms with Crippen LogP contribution >= 0.6 is 0 Å². The van der Waals surface area contributed by atoms with Crippen LogP contribution in [0.25, 0.3) is 0 Å². The average molecular weight is 292 g/mol. The molecule has 0 saturated heterocycles. The van der Waals surface area contributed by atoms with Crippen LogP contribution in [0.2, 0.25) is 0 Å². The standard InChI is InChI=1S/C16H20O5/c1-4-20-15(18)16(7-8-16)10-21-13-6-5-12(11(2)17)9-14(13)19-3/h5-6,9H,4,7-8,10H2,1-3H3. The fraction of sp³-hybridized carbons (Fsp3) is 0.500. The van der Waals surface area contributed by atoms with Gasteiger partial charge in [0.25, 0.3) is 0 Å². The highest BCUT2D eigenvalue weighted by molar-refractivity contribution is 5.94. The summed E-state index contributed by atoms with van der Waals surface area (Å²) in [7, 11) is 1.52. The molecule has 2 rings (SSSR count). The fourth-order valence-corrected chi connectivity index (χ4v) is 2.06. The van der Waals surface area contributed by atoms with Crippen LogP contribution in [0.3, 0.4) is 0 Å². The van der Waals surface area contributed by atoms with Crippen molar-refractivity contribution in [2.45, 2.75) is 26.7 Å². The van der Waals surface area contributed by atoms with Crippen LogP contribution < -0.4 is 9.47 Å². The molecule has 0 spiro atoms. The van der Waals surface area contributed by atoms with Crippen molar-refractivity contribution >= 4 is 11.8 Å². The second-order valence-corrected chi connectivity index (χ2v) is 5.21. The van der Waals surface area contributed by atoms with Crippen LogP contribution in [0.1, 0.15) is 37.0 Å². The van der Waals surface area contributed by atoms with Crippen molar-refractivity contribution in [1.29, 1.82) is 0 Å². The van der Waals surface area contributed by atoms with Gasteiger partial charge >= 0.3 is 5.97 Å². The van der Waals surface area contributed by atoms with Gasteiger partial charge in [-0.05, 0) is 44.9 Å². The van der Waals surface area contributed by atoms with Gasteiger partial charge < -0.3 is 14.2 Å². The van der Waals surface area contributed by atoms with Crippen LogP contribution in [0.5, 0.6) is 11.5 Å². The van der Waals surface area contributed by atoms with E-state index in [2.05, 4.69) is 0 Å². The van der Waals surface area contributed by atoms with E-state index in [0.29, 0.717) is 23.7 Å². The maximum atomic E-state index is 11.9. The minimum Gasteiger partial charge on any atom is -0.493 e. The molecule has 1 aliphatic rings. The largest absolute Gasteiger partial charge is 0.493 e. The first-order valence-corrected chi connectivity index (χ1v) is 7.01. The molecule has 1 aromatic rings. The van der Waals surface area contributed by atoms with Gasteiger partial charge in [-0.25, -0.2) is 0 Å². The van der Waals surface area contributed by atoms with Crippen LogP contribution in [0.15, 0.2) is 18.2 Å². The van der Waals surface area contributed by atoms with E-state index in [1.54, 1.807) is 25.1 Å². The molecule has 0 bridgehead atoms. The molecule has 21 heavy (non-hydrogen) atoms. The van der Waals surface area contributed by atoms with Crippen LogP contribution in [-0.2, 0) is 9.53 Å². The van der Waals surface area contributed by atoms with Crippen LogP contribution in [0, 0.1) is 5.41 Å². The van der Waals surface area contributed by atoms with Crippen LogP contribution in [0.4, 0.5) is 0 Å². The highest BCUT2D eigenvalue weighted by atomic mass is 16.5. The number of benzene rings is 1. The Morgan fingerprint density at radius 2 is 1.95 bits per heavy atom. The number of esters is 1. The van der Waals surface area contributed by atoms with Crippen molar-refractivity contribution in [3.63, 3.8) is 0 Å². The fourth-order valence-electron chi connectivity index (χ4n) is 2.06. The van der Waals surface area contributed by atoms with Gasteiger partial charge in [0.05, 0.1) is 13.7 Å². The summed E-state index contributed by atoms with van der Waals surface area (Å²) in [6.45, 7) is 3.92. The minimum absolute atomic E-state index is 0.0370. The molecule has 0 unspecified atom stereocenters. The molecule has 0 aromatic heterocycles. The predicted octanol–water partition coefficient (Wildman–Crippen LogP) is 2.62. The molecule has 1 fully saturated rings. The van der Waals surface area contributed by atoms with Gasteiger partial charge in [-0.2, -0.15) is 0 Å². The van der Waals surface area contributed by atoms with Gasteiger partial charge in [0, 0.05) is 5.56 Å². The number of rotatable bonds is 7. The third-order valence-electron chi connectivity index (χ3n) is 3.64. The molecular formula is C16H20O5. The molecule has 0 N–H and O–H groups in total. The Morgan fingerprint density at radius 3 is 2.48 bits per heavy atom. The van der Waals surface area contributed by atoms with E-state index >= 15 is 0 Å². The summed E-state index contributed by atoms with van der Waals surface area (Å²) in [5.41, 5.74) is 0.0472. The summed E-state index contributed by atoms with van der Waals surface area (Å²) < 4.78 is 16.0. The Morgan fingerprint density at radius 1 is 1.24 bits per heavy atom. The van der Waals surface area contributed by atoms with E-state index in [1.807, 2.05) is 0 Å². The first-order chi connectivity index (χ1) is 10.0. The van der Waals surface area contributed by atoms with E-state index in [0.717, 1.165) is 12.8 Å². The number of ether oxygens (including phenoxy) is 3. The van der Waals surface area contributed by atoms with Gasteiger partial charge in [0.2, 0.25) is 0 Å². The van der Waals surface area contributed by atoms with Gasteiger partial charge in [-0.1, -0.05) is 0 Å². The quantitative estimate of drug-likeness (QED) is 0.571. The predicted molar refractivity (Wildman–Crippen MR) is 76.8 cm³/mol. The number of carbonyl (C=O) groups excluding carboxylic acids is 2. The molecule has 5 heteroatoms. The SMILES string of the molecule is CCOC(=O)C1(COc2ccc(C(C)=O)cc2OC)CC1. The zero-order valence-electron chi connectivity index (χ0n) is 12.6. The second kappa shape index (κ2) is 6.16. The van der Waals surface area contributed by atoms with Crippen molar-refractivity contribution in [2.24, 2.45) is 5.41 Å². The smallest absolute Gasteiger partial charge is 0.315 e. The first kappa shape index (κ1) is 15.4. The van der Waals surface area contributed by atoms with E-state index < -0.39 is 5.41 Å². The maximum Gasteiger partial charge on any atom is 0.315 e. The van der Waals surface area contributed by atoms with Crippen molar-refractivity contribution in [3.8, 4) is 11.5 Å². The summed E-state index contributed by atoms with van der Waals surface area (Å²) in [4.78, 5) is 23.2. The monoisotopic (exact) mass is 292 g/mol. The maximum absolute atomic E-state index is 11.9. The Labute approximate surface area is 124 Å². The lowest BCUT2D eigenvalue weighted by Crippen LogP contribution is -2.25. The van der Waals surface area contributed by atoms with E-state index in [-0.39, 0.29) is 18.4 Å². The zero-order chi connectivity index (χ0) is 15.5. The van der Waals surface area contributed by atoms with Gasteiger partial charge in [-0.15, -0.1) is 0 Å². The Balaban J connectivity index is 2.07. The van der Waals surface area contributed by atoms with E-state index in [1.165, 1.54) is 14.0 Å². The molecule has 1 aliphatic carbocycles. The van der Waals surface area contributed by atoms with Crippen molar-refractivity contribution < 1.29 is 23.8 Å². The number of hydrogen-bond acceptors (Lipinski definition) is 5. The van der Waals surface area contributed by atoms with Crippen molar-refractivity contribution in [1.82, 2.24) is 0 Å². The third-order valence-corrected chi connectivity index (χ3v) is 3.64. The van der Waals surface area contributed by atoms with E-state index in [9.17, 15) is 9.59 Å². The molecule has 0 radical (unpaired) electrons. The summed E-state index contributed by atoms with van der Waals surface area (Å²) in [6, 6.07) is 5.02. The van der Waals surface area contributed by atoms with Gasteiger partial charge in [0.1, 0.15) is 12.0 Å². The lowest BCUT2D eigenvalue weighted by atomic mass is 10.1. The number of methoxy groups -OCH3 is 1. The molecule has 1 saturated carbocycles. The summed E-state index contributed by atoms with van der Waals surface area (Å²) in [6.07, 6.45) is 1.55. The molecule has 0 aliphatic heterocycles. The second-order valence-electron chi connectivity index (χ2n) is 5.21. The van der Waals surface area contributed by atoms with Crippen molar-refractivity contribution in [3.05, 3.63) is 23.8 Å². The van der Waals surface area contributed by atoms with Crippen molar-refractivity contribution in [2.75, 3.05) is 20.3 Å². The van der Waals surface area contributed by atoms with Gasteiger partial charge in [-0.3, -0.25) is 9.59 Å². The summed E-state index contributed by atoms with van der Waals surface area (Å²) in [5.74, 6) is 0.773. The molecule has 1 aromatic carbocycles. The number of carbonyl (C=O) groups is 2. The summed E-state index contributed by atoms with van der Waals surface area (Å²) >= 11 is 0. The Kier molecular flexibility index (Phi) is 4.50. The highest BCUT2D eigenvalue weighted by Crippen LogP contribution is 2.47. The normalized spacial score (nSPS) is 15.2. The third kappa shape index (κ3) is 3.35. The molecule has 5 nitrogen and oxygen atoms in total. The molecular weight excluding hydrogens is 272 g/mol. The van der Waals surface area contributed by atoms with Gasteiger partial charge in [0.15, 0.2) is 17.3 Å². The Hall–Kier alpha value is -2.04. The van der Waals surface area contributed by atoms with E-state index in [4.69, 9.17) is 14.2 Å². The summed E-state index contributed by atoms with van der Waals surface area (Å²) in [5, 5.41) is 0. The number of Topliss-reactive ketones (excluding diaryl/α,β-unsaturated/α-hetero) is 1. The molecule has 0 amide bonds. The first-order valence-electron chi connectivity index (χ1n) is 7.01.